The Morgan fingerprint density at radius 2 is 2.06 bits per heavy atom. The molecular weight excluding hydrogens is 203 g/mol. The van der Waals surface area contributed by atoms with Crippen molar-refractivity contribution >= 4 is 0 Å². The van der Waals surface area contributed by atoms with Crippen molar-refractivity contribution in [3.63, 3.8) is 0 Å². The summed E-state index contributed by atoms with van der Waals surface area (Å²) >= 11 is 0. The molecule has 0 N–H and O–H groups in total. The number of ether oxygens (including phenoxy) is 1. The van der Waals surface area contributed by atoms with Crippen LogP contribution < -0.4 is 4.74 Å². The molecule has 0 aliphatic rings. The number of halogens is 1. The number of rotatable bonds is 6. The maximum absolute atomic E-state index is 12.7. The summed E-state index contributed by atoms with van der Waals surface area (Å²) in [5, 5.41) is 0. The fourth-order valence-electron chi connectivity index (χ4n) is 1.77. The van der Waals surface area contributed by atoms with Gasteiger partial charge in [-0.2, -0.15) is 0 Å². The molecule has 0 fully saturated rings. The number of para-hydroxylation sites is 1. The summed E-state index contributed by atoms with van der Waals surface area (Å²) in [4.78, 5) is 0. The molecule has 1 aromatic rings. The molecule has 0 saturated heterocycles. The number of hydrogen-bond donors (Lipinski definition) is 0. The molecule has 0 aliphatic heterocycles. The zero-order chi connectivity index (χ0) is 12.0. The van der Waals surface area contributed by atoms with Crippen molar-refractivity contribution in [1.29, 1.82) is 0 Å². The topological polar surface area (TPSA) is 9.23 Å². The van der Waals surface area contributed by atoms with Crippen molar-refractivity contribution in [3.8, 4) is 5.75 Å². The summed E-state index contributed by atoms with van der Waals surface area (Å²) in [5.41, 5.74) is 2.09. The van der Waals surface area contributed by atoms with Crippen LogP contribution in [0.2, 0.25) is 0 Å². The normalized spacial score (nSPS) is 10.8. The van der Waals surface area contributed by atoms with Crippen LogP contribution in [-0.2, 0) is 6.42 Å². The van der Waals surface area contributed by atoms with E-state index >= 15 is 0 Å². The van der Waals surface area contributed by atoms with E-state index in [0.717, 1.165) is 30.1 Å². The molecule has 0 unspecified atom stereocenters. The first-order valence-electron chi connectivity index (χ1n) is 5.88. The number of alkyl halides is 1. The SMILES string of the molecule is CCCc1cccc([C](C)CF)c1OCC. The lowest BCUT2D eigenvalue weighted by Crippen LogP contribution is -2.05. The largest absolute Gasteiger partial charge is 0.493 e. The van der Waals surface area contributed by atoms with Crippen LogP contribution in [0.4, 0.5) is 4.39 Å². The number of hydrogen-bond acceptors (Lipinski definition) is 1. The maximum atomic E-state index is 12.7. The molecule has 0 aliphatic carbocycles. The van der Waals surface area contributed by atoms with Crippen molar-refractivity contribution in [1.82, 2.24) is 0 Å². The van der Waals surface area contributed by atoms with E-state index in [-0.39, 0.29) is 0 Å². The van der Waals surface area contributed by atoms with Crippen molar-refractivity contribution in [2.24, 2.45) is 0 Å². The molecule has 0 bridgehead atoms. The van der Waals surface area contributed by atoms with Crippen LogP contribution in [0.15, 0.2) is 18.2 Å². The van der Waals surface area contributed by atoms with E-state index < -0.39 is 6.67 Å². The lowest BCUT2D eigenvalue weighted by molar-refractivity contribution is 0.332. The van der Waals surface area contributed by atoms with Crippen LogP contribution in [0.1, 0.15) is 38.3 Å². The maximum Gasteiger partial charge on any atom is 0.126 e. The van der Waals surface area contributed by atoms with E-state index in [2.05, 4.69) is 13.0 Å². The zero-order valence-corrected chi connectivity index (χ0v) is 10.3. The highest BCUT2D eigenvalue weighted by molar-refractivity contribution is 5.48. The Bertz CT molecular complexity index is 323. The molecule has 0 atom stereocenters. The van der Waals surface area contributed by atoms with Crippen LogP contribution >= 0.6 is 0 Å². The minimum Gasteiger partial charge on any atom is -0.493 e. The summed E-state index contributed by atoms with van der Waals surface area (Å²) in [7, 11) is 0. The quantitative estimate of drug-likeness (QED) is 0.709. The van der Waals surface area contributed by atoms with E-state index in [4.69, 9.17) is 4.74 Å². The summed E-state index contributed by atoms with van der Waals surface area (Å²) in [5.74, 6) is 1.60. The van der Waals surface area contributed by atoms with Crippen LogP contribution in [-0.4, -0.2) is 13.3 Å². The van der Waals surface area contributed by atoms with Crippen LogP contribution in [0.25, 0.3) is 0 Å². The van der Waals surface area contributed by atoms with Gasteiger partial charge in [0, 0.05) is 11.5 Å². The Morgan fingerprint density at radius 1 is 1.31 bits per heavy atom. The molecule has 89 valence electrons. The molecule has 16 heavy (non-hydrogen) atoms. The summed E-state index contributed by atoms with van der Waals surface area (Å²) in [6.45, 7) is 6.10. The average Bonchev–Trinajstić information content (AvgIpc) is 2.31. The third kappa shape index (κ3) is 2.97. The number of aryl methyl sites for hydroxylation is 1. The summed E-state index contributed by atoms with van der Waals surface area (Å²) in [6, 6.07) is 5.96. The Hall–Kier alpha value is -1.05. The highest BCUT2D eigenvalue weighted by Gasteiger charge is 2.15. The molecule has 0 aromatic heterocycles. The van der Waals surface area contributed by atoms with Gasteiger partial charge in [0.05, 0.1) is 13.3 Å². The van der Waals surface area contributed by atoms with E-state index in [0.29, 0.717) is 6.61 Å². The zero-order valence-electron chi connectivity index (χ0n) is 10.3. The molecule has 0 saturated carbocycles. The molecule has 2 heteroatoms. The van der Waals surface area contributed by atoms with Gasteiger partial charge in [-0.1, -0.05) is 38.5 Å². The Morgan fingerprint density at radius 3 is 2.62 bits per heavy atom. The standard InChI is InChI=1S/C14H20FO/c1-4-7-12-8-6-9-13(11(3)10-15)14(12)16-5-2/h6,8-9H,4-5,7,10H2,1-3H3. The predicted molar refractivity (Wildman–Crippen MR) is 65.6 cm³/mol. The lowest BCUT2D eigenvalue weighted by Gasteiger charge is -2.17. The second-order valence-electron chi connectivity index (χ2n) is 3.89. The van der Waals surface area contributed by atoms with Gasteiger partial charge in [0.15, 0.2) is 0 Å². The van der Waals surface area contributed by atoms with Gasteiger partial charge in [-0.3, -0.25) is 4.39 Å². The fourth-order valence-corrected chi connectivity index (χ4v) is 1.77. The van der Waals surface area contributed by atoms with Gasteiger partial charge in [-0.05, 0) is 18.9 Å². The van der Waals surface area contributed by atoms with Crippen LogP contribution in [0.5, 0.6) is 5.75 Å². The van der Waals surface area contributed by atoms with Crippen molar-refractivity contribution < 1.29 is 9.13 Å². The molecule has 0 heterocycles. The molecule has 1 radical (unpaired) electrons. The smallest absolute Gasteiger partial charge is 0.126 e. The highest BCUT2D eigenvalue weighted by Crippen LogP contribution is 2.31. The van der Waals surface area contributed by atoms with Crippen molar-refractivity contribution in [2.75, 3.05) is 13.3 Å². The van der Waals surface area contributed by atoms with Gasteiger partial charge in [-0.15, -0.1) is 0 Å². The fraction of sp³-hybridized carbons (Fsp3) is 0.500. The molecular formula is C14H20FO. The van der Waals surface area contributed by atoms with Crippen molar-refractivity contribution in [3.05, 3.63) is 35.2 Å². The molecule has 1 aromatic carbocycles. The van der Waals surface area contributed by atoms with E-state index in [1.54, 1.807) is 0 Å². The number of benzene rings is 1. The predicted octanol–water partition coefficient (Wildman–Crippen LogP) is 3.95. The van der Waals surface area contributed by atoms with Gasteiger partial charge in [0.25, 0.3) is 0 Å². The third-order valence-corrected chi connectivity index (χ3v) is 2.56. The molecule has 1 nitrogen and oxygen atoms in total. The Balaban J connectivity index is 3.09. The summed E-state index contributed by atoms with van der Waals surface area (Å²) < 4.78 is 18.4. The van der Waals surface area contributed by atoms with Crippen molar-refractivity contribution in [2.45, 2.75) is 33.6 Å². The first kappa shape index (κ1) is 13.0. The van der Waals surface area contributed by atoms with Gasteiger partial charge in [-0.25, -0.2) is 0 Å². The third-order valence-electron chi connectivity index (χ3n) is 2.56. The lowest BCUT2D eigenvalue weighted by atomic mass is 9.97. The monoisotopic (exact) mass is 223 g/mol. The minimum atomic E-state index is -0.421. The molecule has 0 amide bonds. The van der Waals surface area contributed by atoms with Crippen LogP contribution in [0.3, 0.4) is 0 Å². The van der Waals surface area contributed by atoms with Gasteiger partial charge in [0.1, 0.15) is 5.75 Å². The Labute approximate surface area is 97.6 Å². The van der Waals surface area contributed by atoms with Gasteiger partial charge in [0.2, 0.25) is 0 Å². The average molecular weight is 223 g/mol. The van der Waals surface area contributed by atoms with E-state index in [1.807, 2.05) is 26.0 Å². The van der Waals surface area contributed by atoms with E-state index in [1.165, 1.54) is 5.56 Å². The molecule has 0 spiro atoms. The van der Waals surface area contributed by atoms with E-state index in [9.17, 15) is 4.39 Å². The second kappa shape index (κ2) is 6.51. The Kier molecular flexibility index (Phi) is 5.30. The first-order chi connectivity index (χ1) is 7.74. The summed E-state index contributed by atoms with van der Waals surface area (Å²) in [6.07, 6.45) is 2.04. The second-order valence-corrected chi connectivity index (χ2v) is 3.89. The van der Waals surface area contributed by atoms with Gasteiger partial charge >= 0.3 is 0 Å². The first-order valence-corrected chi connectivity index (χ1v) is 5.88. The van der Waals surface area contributed by atoms with Gasteiger partial charge < -0.3 is 4.74 Å². The minimum absolute atomic E-state index is 0.421. The highest BCUT2D eigenvalue weighted by atomic mass is 19.1. The molecule has 1 rings (SSSR count). The van der Waals surface area contributed by atoms with Crippen LogP contribution in [0, 0.1) is 5.92 Å².